The van der Waals surface area contributed by atoms with Crippen LogP contribution in [0.4, 0.5) is 11.4 Å². The number of nitrogen functional groups attached to an aromatic ring is 1. The van der Waals surface area contributed by atoms with Gasteiger partial charge in [0.1, 0.15) is 5.75 Å². The van der Waals surface area contributed by atoms with Gasteiger partial charge >= 0.3 is 5.97 Å². The summed E-state index contributed by atoms with van der Waals surface area (Å²) in [7, 11) is 1.59. The van der Waals surface area contributed by atoms with Gasteiger partial charge < -0.3 is 20.5 Å². The summed E-state index contributed by atoms with van der Waals surface area (Å²) in [5.41, 5.74) is 9.26. The molecule has 3 aromatic rings. The quantitative estimate of drug-likeness (QED) is 0.273. The maximum atomic E-state index is 13.4. The first kappa shape index (κ1) is 23.8. The number of ketones is 1. The first-order valence-corrected chi connectivity index (χ1v) is 10.8. The highest BCUT2D eigenvalue weighted by Gasteiger charge is 2.29. The molecule has 3 N–H and O–H groups in total. The van der Waals surface area contributed by atoms with Crippen LogP contribution in [0, 0.1) is 6.92 Å². The van der Waals surface area contributed by atoms with Crippen LogP contribution >= 0.6 is 0 Å². The average Bonchev–Trinajstić information content (AvgIpc) is 3.24. The molecule has 1 aromatic heterocycles. The van der Waals surface area contributed by atoms with Crippen LogP contribution in [0.25, 0.3) is 0 Å². The molecule has 0 aliphatic carbocycles. The number of nitrogens with two attached hydrogens (primary N) is 1. The Bertz CT molecular complexity index is 1140. The van der Waals surface area contributed by atoms with E-state index < -0.39 is 11.8 Å². The van der Waals surface area contributed by atoms with E-state index in [1.807, 2.05) is 19.1 Å². The summed E-state index contributed by atoms with van der Waals surface area (Å²) >= 11 is 0. The maximum Gasteiger partial charge on any atom is 0.359 e. The third-order valence-electron chi connectivity index (χ3n) is 5.24. The number of benzene rings is 2. The number of hydrogen-bond donors (Lipinski definition) is 2. The smallest absolute Gasteiger partial charge is 0.359 e. The van der Waals surface area contributed by atoms with Crippen molar-refractivity contribution in [3.8, 4) is 5.75 Å². The second-order valence-corrected chi connectivity index (χ2v) is 7.47. The number of aromatic nitrogens is 3. The number of methoxy groups -OCH3 is 1. The fourth-order valence-corrected chi connectivity index (χ4v) is 3.39. The monoisotopic (exact) mass is 451 g/mol. The molecule has 0 saturated heterocycles. The van der Waals surface area contributed by atoms with E-state index in [4.69, 9.17) is 15.2 Å². The highest BCUT2D eigenvalue weighted by atomic mass is 16.5. The topological polar surface area (TPSA) is 121 Å². The van der Waals surface area contributed by atoms with Crippen molar-refractivity contribution in [2.75, 3.05) is 31.3 Å². The molecule has 0 unspecified atom stereocenters. The number of hydrogen-bond acceptors (Lipinski definition) is 8. The Morgan fingerprint density at radius 3 is 2.48 bits per heavy atom. The van der Waals surface area contributed by atoms with Crippen molar-refractivity contribution >= 4 is 23.1 Å². The number of ether oxygens (including phenoxy) is 2. The summed E-state index contributed by atoms with van der Waals surface area (Å²) in [6.07, 6.45) is 0.959. The third kappa shape index (κ3) is 5.14. The SMILES string of the molecule is CCCNc1ccc(C(=O)c2nnn(Cc3ccc(OC)cc3)c2C(=O)OCC)c(N)c1C. The molecule has 1 heterocycles. The van der Waals surface area contributed by atoms with Gasteiger partial charge in [0.05, 0.1) is 20.3 Å². The van der Waals surface area contributed by atoms with E-state index >= 15 is 0 Å². The maximum absolute atomic E-state index is 13.4. The molecule has 33 heavy (non-hydrogen) atoms. The van der Waals surface area contributed by atoms with Gasteiger partial charge in [0, 0.05) is 23.5 Å². The summed E-state index contributed by atoms with van der Waals surface area (Å²) in [6, 6.07) is 10.8. The van der Waals surface area contributed by atoms with E-state index in [1.165, 1.54) is 4.68 Å². The van der Waals surface area contributed by atoms with Crippen LogP contribution in [0.3, 0.4) is 0 Å². The zero-order valence-electron chi connectivity index (χ0n) is 19.3. The van der Waals surface area contributed by atoms with Crippen LogP contribution in [0.15, 0.2) is 36.4 Å². The molecule has 0 aliphatic rings. The van der Waals surface area contributed by atoms with Gasteiger partial charge in [-0.1, -0.05) is 24.3 Å². The van der Waals surface area contributed by atoms with Crippen molar-refractivity contribution in [3.63, 3.8) is 0 Å². The fourth-order valence-electron chi connectivity index (χ4n) is 3.39. The Kier molecular flexibility index (Phi) is 7.66. The van der Waals surface area contributed by atoms with Gasteiger partial charge in [-0.15, -0.1) is 5.10 Å². The minimum Gasteiger partial charge on any atom is -0.497 e. The number of carbonyl (C=O) groups is 2. The average molecular weight is 452 g/mol. The molecular formula is C24H29N5O4. The molecule has 9 nitrogen and oxygen atoms in total. The lowest BCUT2D eigenvalue weighted by Gasteiger charge is -2.14. The van der Waals surface area contributed by atoms with Crippen LogP contribution in [0.2, 0.25) is 0 Å². The highest BCUT2D eigenvalue weighted by Crippen LogP contribution is 2.27. The Balaban J connectivity index is 1.99. The standard InChI is InChI=1S/C24H29N5O4/c1-5-13-26-19-12-11-18(20(25)15(19)3)23(30)21-22(24(31)33-6-2)29(28-27-21)14-16-7-9-17(32-4)10-8-16/h7-12,26H,5-6,13-14,25H2,1-4H3. The van der Waals surface area contributed by atoms with Gasteiger partial charge in [0.15, 0.2) is 11.4 Å². The lowest BCUT2D eigenvalue weighted by atomic mass is 10.00. The molecule has 0 fully saturated rings. The molecule has 2 aromatic carbocycles. The molecule has 0 amide bonds. The van der Waals surface area contributed by atoms with Gasteiger partial charge in [-0.2, -0.15) is 0 Å². The predicted molar refractivity (Wildman–Crippen MR) is 126 cm³/mol. The summed E-state index contributed by atoms with van der Waals surface area (Å²) in [5, 5.41) is 11.4. The number of nitrogens with one attached hydrogen (secondary N) is 1. The molecule has 0 saturated carbocycles. The van der Waals surface area contributed by atoms with E-state index in [0.29, 0.717) is 11.4 Å². The lowest BCUT2D eigenvalue weighted by Crippen LogP contribution is -2.18. The summed E-state index contributed by atoms with van der Waals surface area (Å²) in [4.78, 5) is 26.1. The van der Waals surface area contributed by atoms with E-state index in [0.717, 1.165) is 29.8 Å². The molecule has 0 atom stereocenters. The lowest BCUT2D eigenvalue weighted by molar-refractivity contribution is 0.0509. The van der Waals surface area contributed by atoms with Crippen molar-refractivity contribution in [2.45, 2.75) is 33.7 Å². The van der Waals surface area contributed by atoms with Crippen LogP contribution in [-0.4, -0.2) is 47.0 Å². The Hall–Kier alpha value is -3.88. The van der Waals surface area contributed by atoms with E-state index in [9.17, 15) is 9.59 Å². The predicted octanol–water partition coefficient (Wildman–Crippen LogP) is 3.46. The van der Waals surface area contributed by atoms with Crippen molar-refractivity contribution < 1.29 is 19.1 Å². The minimum atomic E-state index is -0.670. The number of nitrogens with zero attached hydrogens (tertiary/aromatic N) is 3. The zero-order chi connectivity index (χ0) is 24.0. The molecule has 0 radical (unpaired) electrons. The van der Waals surface area contributed by atoms with E-state index in [1.54, 1.807) is 38.3 Å². The number of carbonyl (C=O) groups excluding carboxylic acids is 2. The Labute approximate surface area is 192 Å². The first-order valence-electron chi connectivity index (χ1n) is 10.8. The first-order chi connectivity index (χ1) is 15.9. The van der Waals surface area contributed by atoms with Gasteiger partial charge in [-0.05, 0) is 55.7 Å². The second kappa shape index (κ2) is 10.6. The van der Waals surface area contributed by atoms with E-state index in [2.05, 4.69) is 22.6 Å². The van der Waals surface area contributed by atoms with Gasteiger partial charge in [0.2, 0.25) is 5.78 Å². The van der Waals surface area contributed by atoms with Crippen LogP contribution in [-0.2, 0) is 11.3 Å². The Morgan fingerprint density at radius 1 is 1.12 bits per heavy atom. The highest BCUT2D eigenvalue weighted by molar-refractivity contribution is 6.15. The summed E-state index contributed by atoms with van der Waals surface area (Å²) in [5.74, 6) is -0.445. The normalized spacial score (nSPS) is 10.7. The van der Waals surface area contributed by atoms with E-state index in [-0.39, 0.29) is 30.1 Å². The number of anilines is 2. The van der Waals surface area contributed by atoms with Crippen LogP contribution < -0.4 is 15.8 Å². The number of esters is 1. The Morgan fingerprint density at radius 2 is 1.85 bits per heavy atom. The van der Waals surface area contributed by atoms with Crippen LogP contribution in [0.1, 0.15) is 57.9 Å². The molecule has 0 spiro atoms. The van der Waals surface area contributed by atoms with Gasteiger partial charge in [0.25, 0.3) is 0 Å². The van der Waals surface area contributed by atoms with Crippen LogP contribution in [0.5, 0.6) is 5.75 Å². The molecule has 9 heteroatoms. The van der Waals surface area contributed by atoms with Crippen molar-refractivity contribution in [3.05, 3.63) is 64.5 Å². The summed E-state index contributed by atoms with van der Waals surface area (Å²) in [6.45, 7) is 6.78. The fraction of sp³-hybridized carbons (Fsp3) is 0.333. The molecule has 0 bridgehead atoms. The van der Waals surface area contributed by atoms with Gasteiger partial charge in [-0.3, -0.25) is 4.79 Å². The zero-order valence-corrected chi connectivity index (χ0v) is 19.3. The molecular weight excluding hydrogens is 422 g/mol. The largest absolute Gasteiger partial charge is 0.497 e. The molecule has 174 valence electrons. The molecule has 0 aliphatic heterocycles. The minimum absolute atomic E-state index is 0.0112. The van der Waals surface area contributed by atoms with Crippen molar-refractivity contribution in [1.82, 2.24) is 15.0 Å². The third-order valence-corrected chi connectivity index (χ3v) is 5.24. The van der Waals surface area contributed by atoms with Gasteiger partial charge in [-0.25, -0.2) is 9.48 Å². The molecule has 3 rings (SSSR count). The summed E-state index contributed by atoms with van der Waals surface area (Å²) < 4.78 is 11.7. The van der Waals surface area contributed by atoms with Crippen molar-refractivity contribution in [1.29, 1.82) is 0 Å². The number of rotatable bonds is 10. The van der Waals surface area contributed by atoms with Crippen molar-refractivity contribution in [2.24, 2.45) is 0 Å². The second-order valence-electron chi connectivity index (χ2n) is 7.47.